The second-order valence-corrected chi connectivity index (χ2v) is 6.58. The summed E-state index contributed by atoms with van der Waals surface area (Å²) in [5.74, 6) is 0.0381. The lowest BCUT2D eigenvalue weighted by Crippen LogP contribution is -2.03. The van der Waals surface area contributed by atoms with Crippen LogP contribution in [0.1, 0.15) is 38.4 Å². The Bertz CT molecular complexity index is 1080. The SMILES string of the molecule is Cc1cc(/C=C2\C(=O)Nc3ccc(C(=O)c4ccco4)cc32)cc(C)c1O. The van der Waals surface area contributed by atoms with Gasteiger partial charge in [-0.2, -0.15) is 0 Å². The zero-order chi connectivity index (χ0) is 19.1. The number of amides is 1. The molecule has 4 rings (SSSR count). The molecule has 0 saturated heterocycles. The summed E-state index contributed by atoms with van der Waals surface area (Å²) in [5, 5.41) is 12.8. The fourth-order valence-electron chi connectivity index (χ4n) is 3.26. The van der Waals surface area contributed by atoms with Gasteiger partial charge in [-0.05, 0) is 79.1 Å². The third kappa shape index (κ3) is 2.93. The van der Waals surface area contributed by atoms with E-state index in [2.05, 4.69) is 5.32 Å². The van der Waals surface area contributed by atoms with Gasteiger partial charge in [0.2, 0.25) is 5.78 Å². The van der Waals surface area contributed by atoms with E-state index in [1.54, 1.807) is 36.4 Å². The third-order valence-electron chi connectivity index (χ3n) is 4.63. The number of benzene rings is 2. The molecule has 134 valence electrons. The van der Waals surface area contributed by atoms with E-state index in [1.165, 1.54) is 6.26 Å². The highest BCUT2D eigenvalue weighted by Crippen LogP contribution is 2.35. The van der Waals surface area contributed by atoms with Crippen molar-refractivity contribution >= 4 is 29.0 Å². The summed E-state index contributed by atoms with van der Waals surface area (Å²) in [4.78, 5) is 25.0. The molecule has 1 aliphatic rings. The number of hydrogen-bond acceptors (Lipinski definition) is 4. The van der Waals surface area contributed by atoms with Gasteiger partial charge in [0.05, 0.1) is 6.26 Å². The summed E-state index contributed by atoms with van der Waals surface area (Å²) in [7, 11) is 0. The number of phenols is 1. The van der Waals surface area contributed by atoms with Gasteiger partial charge in [-0.3, -0.25) is 9.59 Å². The van der Waals surface area contributed by atoms with Crippen LogP contribution < -0.4 is 5.32 Å². The number of furan rings is 1. The number of hydrogen-bond donors (Lipinski definition) is 2. The molecule has 1 aliphatic heterocycles. The molecule has 0 saturated carbocycles. The number of fused-ring (bicyclic) bond motifs is 1. The van der Waals surface area contributed by atoms with E-state index in [-0.39, 0.29) is 23.2 Å². The van der Waals surface area contributed by atoms with Crippen molar-refractivity contribution in [3.63, 3.8) is 0 Å². The van der Waals surface area contributed by atoms with Gasteiger partial charge in [-0.15, -0.1) is 0 Å². The molecule has 0 bridgehead atoms. The third-order valence-corrected chi connectivity index (χ3v) is 4.63. The predicted octanol–water partition coefficient (Wildman–Crippen LogP) is 4.33. The molecule has 2 N–H and O–H groups in total. The lowest BCUT2D eigenvalue weighted by Gasteiger charge is -2.06. The number of aromatic hydroxyl groups is 1. The summed E-state index contributed by atoms with van der Waals surface area (Å²) >= 11 is 0. The molecule has 0 fully saturated rings. The molecule has 3 aromatic rings. The number of nitrogens with one attached hydrogen (secondary N) is 1. The van der Waals surface area contributed by atoms with Crippen LogP contribution in [0, 0.1) is 13.8 Å². The zero-order valence-electron chi connectivity index (χ0n) is 14.9. The largest absolute Gasteiger partial charge is 0.507 e. The summed E-state index contributed by atoms with van der Waals surface area (Å²) in [6, 6.07) is 12.0. The van der Waals surface area contributed by atoms with Crippen LogP contribution in [0.5, 0.6) is 5.75 Å². The molecular weight excluding hydrogens is 342 g/mol. The first kappa shape index (κ1) is 16.8. The highest BCUT2D eigenvalue weighted by molar-refractivity contribution is 6.35. The maximum Gasteiger partial charge on any atom is 0.256 e. The molecule has 5 heteroatoms. The first-order chi connectivity index (χ1) is 12.9. The van der Waals surface area contributed by atoms with Crippen molar-refractivity contribution in [1.29, 1.82) is 0 Å². The van der Waals surface area contributed by atoms with E-state index in [0.29, 0.717) is 22.4 Å². The van der Waals surface area contributed by atoms with E-state index in [4.69, 9.17) is 4.42 Å². The van der Waals surface area contributed by atoms with Crippen LogP contribution in [0.25, 0.3) is 11.6 Å². The Labute approximate surface area is 156 Å². The van der Waals surface area contributed by atoms with Crippen molar-refractivity contribution in [1.82, 2.24) is 0 Å². The smallest absolute Gasteiger partial charge is 0.256 e. The molecule has 1 amide bonds. The fraction of sp³-hybridized carbons (Fsp3) is 0.0909. The van der Waals surface area contributed by atoms with E-state index in [9.17, 15) is 14.7 Å². The van der Waals surface area contributed by atoms with Gasteiger partial charge in [0.15, 0.2) is 5.76 Å². The number of rotatable bonds is 3. The topological polar surface area (TPSA) is 79.5 Å². The van der Waals surface area contributed by atoms with E-state index >= 15 is 0 Å². The quantitative estimate of drug-likeness (QED) is 0.539. The molecule has 0 atom stereocenters. The van der Waals surface area contributed by atoms with Crippen molar-refractivity contribution in [2.75, 3.05) is 5.32 Å². The van der Waals surface area contributed by atoms with Gasteiger partial charge >= 0.3 is 0 Å². The van der Waals surface area contributed by atoms with Crippen LogP contribution in [0.3, 0.4) is 0 Å². The summed E-state index contributed by atoms with van der Waals surface area (Å²) in [6.45, 7) is 3.63. The number of carbonyl (C=O) groups excluding carboxylic acids is 2. The van der Waals surface area contributed by atoms with Crippen molar-refractivity contribution in [3.8, 4) is 5.75 Å². The van der Waals surface area contributed by atoms with Crippen molar-refractivity contribution < 1.29 is 19.1 Å². The molecular formula is C22H17NO4. The number of phenolic OH excluding ortho intramolecular Hbond substituents is 1. The molecule has 5 nitrogen and oxygen atoms in total. The summed E-state index contributed by atoms with van der Waals surface area (Å²) < 4.78 is 5.18. The van der Waals surface area contributed by atoms with Gasteiger partial charge in [0.25, 0.3) is 5.91 Å². The Kier molecular flexibility index (Phi) is 3.92. The average molecular weight is 359 g/mol. The Morgan fingerprint density at radius 1 is 1.11 bits per heavy atom. The molecule has 2 heterocycles. The Morgan fingerprint density at radius 3 is 2.52 bits per heavy atom. The van der Waals surface area contributed by atoms with Crippen LogP contribution in [0.2, 0.25) is 0 Å². The lowest BCUT2D eigenvalue weighted by molar-refractivity contribution is -0.110. The maximum atomic E-state index is 12.5. The number of carbonyl (C=O) groups is 2. The molecule has 0 spiro atoms. The first-order valence-corrected chi connectivity index (χ1v) is 8.50. The van der Waals surface area contributed by atoms with Gasteiger partial charge in [0, 0.05) is 22.4 Å². The van der Waals surface area contributed by atoms with Crippen LogP contribution in [-0.2, 0) is 4.79 Å². The minimum absolute atomic E-state index is 0.226. The van der Waals surface area contributed by atoms with Gasteiger partial charge < -0.3 is 14.8 Å². The van der Waals surface area contributed by atoms with Crippen LogP contribution >= 0.6 is 0 Å². The predicted molar refractivity (Wildman–Crippen MR) is 103 cm³/mol. The Balaban J connectivity index is 1.78. The number of anilines is 1. The summed E-state index contributed by atoms with van der Waals surface area (Å²) in [6.07, 6.45) is 3.22. The van der Waals surface area contributed by atoms with Crippen LogP contribution in [0.15, 0.2) is 53.1 Å². The zero-order valence-corrected chi connectivity index (χ0v) is 14.9. The Morgan fingerprint density at radius 2 is 1.85 bits per heavy atom. The molecule has 27 heavy (non-hydrogen) atoms. The highest BCUT2D eigenvalue weighted by atomic mass is 16.3. The Hall–Kier alpha value is -3.60. The van der Waals surface area contributed by atoms with Gasteiger partial charge in [-0.1, -0.05) is 0 Å². The minimum Gasteiger partial charge on any atom is -0.507 e. The number of aryl methyl sites for hydroxylation is 2. The molecule has 0 unspecified atom stereocenters. The van der Waals surface area contributed by atoms with Crippen molar-refractivity contribution in [3.05, 3.63) is 82.3 Å². The normalized spacial score (nSPS) is 14.3. The minimum atomic E-state index is -0.238. The van der Waals surface area contributed by atoms with E-state index in [0.717, 1.165) is 16.7 Å². The second kappa shape index (κ2) is 6.29. The van der Waals surface area contributed by atoms with E-state index < -0.39 is 0 Å². The average Bonchev–Trinajstić information content (AvgIpc) is 3.27. The first-order valence-electron chi connectivity index (χ1n) is 8.50. The lowest BCUT2D eigenvalue weighted by atomic mass is 9.98. The molecule has 1 aromatic heterocycles. The van der Waals surface area contributed by atoms with Gasteiger partial charge in [-0.25, -0.2) is 0 Å². The van der Waals surface area contributed by atoms with Gasteiger partial charge in [0.1, 0.15) is 5.75 Å². The molecule has 0 aliphatic carbocycles. The number of ketones is 1. The monoisotopic (exact) mass is 359 g/mol. The van der Waals surface area contributed by atoms with Crippen LogP contribution in [0.4, 0.5) is 5.69 Å². The molecule has 0 radical (unpaired) electrons. The molecule has 2 aromatic carbocycles. The second-order valence-electron chi connectivity index (χ2n) is 6.58. The summed E-state index contributed by atoms with van der Waals surface area (Å²) in [5.41, 5.74) is 4.54. The highest BCUT2D eigenvalue weighted by Gasteiger charge is 2.26. The maximum absolute atomic E-state index is 12.5. The van der Waals surface area contributed by atoms with Crippen molar-refractivity contribution in [2.24, 2.45) is 0 Å². The fourth-order valence-corrected chi connectivity index (χ4v) is 3.26. The standard InChI is InChI=1S/C22H17NO4/c1-12-8-14(9-13(2)20(12)24)10-17-16-11-15(5-6-18(16)23-22(17)26)21(25)19-4-3-7-27-19/h3-11,24H,1-2H3,(H,23,26)/b17-10-. The van der Waals surface area contributed by atoms with E-state index in [1.807, 2.05) is 26.0 Å². The van der Waals surface area contributed by atoms with Crippen molar-refractivity contribution in [2.45, 2.75) is 13.8 Å². The van der Waals surface area contributed by atoms with Crippen LogP contribution in [-0.4, -0.2) is 16.8 Å².